The molecule has 0 fully saturated rings. The van der Waals surface area contributed by atoms with E-state index in [0.29, 0.717) is 11.3 Å². The van der Waals surface area contributed by atoms with Gasteiger partial charge in [-0.1, -0.05) is 129 Å². The first-order valence-corrected chi connectivity index (χ1v) is 27.7. The number of furan rings is 2. The molecule has 0 radical (unpaired) electrons. The fourth-order valence-electron chi connectivity index (χ4n) is 10.8. The highest BCUT2D eigenvalue weighted by atomic mass is 28.3. The Kier molecular flexibility index (Phi) is 9.73. The van der Waals surface area contributed by atoms with Gasteiger partial charge in [0.15, 0.2) is 16.9 Å². The molecule has 0 aliphatic carbocycles. The summed E-state index contributed by atoms with van der Waals surface area (Å²) in [5, 5.41) is 20.1. The van der Waals surface area contributed by atoms with Crippen LogP contribution in [0.4, 0.5) is 39.8 Å². The highest BCUT2D eigenvalue weighted by molar-refractivity contribution is 6.90. The molecule has 0 bridgehead atoms. The third-order valence-electron chi connectivity index (χ3n) is 14.2. The van der Waals surface area contributed by atoms with Crippen LogP contribution in [0.25, 0.3) is 87.0 Å². The van der Waals surface area contributed by atoms with Crippen LogP contribution in [0.5, 0.6) is 0 Å². The molecule has 13 aromatic rings. The Bertz CT molecular complexity index is 4450. The van der Waals surface area contributed by atoms with E-state index in [9.17, 15) is 5.26 Å². The Morgan fingerprint density at radius 1 is 0.486 bits per heavy atom. The lowest BCUT2D eigenvalue weighted by Crippen LogP contribution is -2.37. The van der Waals surface area contributed by atoms with Gasteiger partial charge in [-0.15, -0.1) is 0 Å². The Balaban J connectivity index is 1.04. The summed E-state index contributed by atoms with van der Waals surface area (Å²) in [5.41, 5.74) is 14.1. The Morgan fingerprint density at radius 2 is 1.07 bits per heavy atom. The lowest BCUT2D eigenvalue weighted by atomic mass is 10.0. The second kappa shape index (κ2) is 16.4. The van der Waals surface area contributed by atoms with Crippen molar-refractivity contribution >= 4 is 130 Å². The standard InChI is InChI=1S/C64H45N5O2Si/c1-40-15-9-22-51-52-23-12-26-56(62(52)70-61(40)51)67(46-20-10-16-41(33-46)39-65)49-31-32-50-55-35-42-29-30-48(34-43(42)36-58(55)69(59(50)38-49)45-18-7-6-8-19-45)68(47-21-11-17-44(37-47)66-2)57-27-13-24-53-54-25-14-28-60(72(3,4)5)64(54)71-63(53)57/h6-38H,1,3-5H3. The summed E-state index contributed by atoms with van der Waals surface area (Å²) in [6.45, 7) is 17.1. The monoisotopic (exact) mass is 943 g/mol. The maximum atomic E-state index is 10.1. The molecule has 13 rings (SSSR count). The SMILES string of the molecule is [C-]#[N+]c1cccc(N(c2ccc3cc4c5ccc(N(c6cccc(C#N)c6)c6cccc7c6oc6c(C)cccc67)cc5n(-c5ccccc5)c4cc3c2)c2cccc3c2oc2c([Si](C)(C)C)cccc23)c1. The molecule has 10 aromatic carbocycles. The first-order chi connectivity index (χ1) is 35.1. The molecule has 0 aliphatic rings. The molecule has 0 saturated carbocycles. The van der Waals surface area contributed by atoms with Crippen LogP contribution in [0.1, 0.15) is 11.1 Å². The van der Waals surface area contributed by atoms with E-state index in [4.69, 9.17) is 15.4 Å². The number of nitriles is 1. The third-order valence-corrected chi connectivity index (χ3v) is 16.2. The number of fused-ring (bicyclic) bond motifs is 10. The van der Waals surface area contributed by atoms with Crippen LogP contribution in [-0.4, -0.2) is 12.6 Å². The second-order valence-electron chi connectivity index (χ2n) is 19.6. The molecule has 72 heavy (non-hydrogen) atoms. The molecule has 342 valence electrons. The number of hydrogen-bond donors (Lipinski definition) is 0. The highest BCUT2D eigenvalue weighted by Gasteiger charge is 2.27. The van der Waals surface area contributed by atoms with E-state index in [1.807, 2.05) is 36.4 Å². The van der Waals surface area contributed by atoms with Gasteiger partial charge in [0.1, 0.15) is 11.2 Å². The zero-order valence-electron chi connectivity index (χ0n) is 40.1. The lowest BCUT2D eigenvalue weighted by Gasteiger charge is -2.26. The molecule has 8 heteroatoms. The fraction of sp³-hybridized carbons (Fsp3) is 0.0625. The zero-order chi connectivity index (χ0) is 48.8. The summed E-state index contributed by atoms with van der Waals surface area (Å²) >= 11 is 0. The summed E-state index contributed by atoms with van der Waals surface area (Å²) in [4.78, 5) is 8.29. The first-order valence-electron chi connectivity index (χ1n) is 24.2. The third kappa shape index (κ3) is 6.76. The summed E-state index contributed by atoms with van der Waals surface area (Å²) in [5.74, 6) is 0. The molecule has 0 spiro atoms. The summed E-state index contributed by atoms with van der Waals surface area (Å²) in [6, 6.07) is 71.9. The number of anilines is 6. The molecular weight excluding hydrogens is 899 g/mol. The normalized spacial score (nSPS) is 11.9. The fourth-order valence-corrected chi connectivity index (χ4v) is 12.3. The van der Waals surface area contributed by atoms with Crippen molar-refractivity contribution in [1.29, 1.82) is 5.26 Å². The van der Waals surface area contributed by atoms with Crippen LogP contribution in [0, 0.1) is 24.8 Å². The number of para-hydroxylation sites is 5. The van der Waals surface area contributed by atoms with Crippen LogP contribution < -0.4 is 15.0 Å². The van der Waals surface area contributed by atoms with Crippen molar-refractivity contribution in [3.05, 3.63) is 223 Å². The van der Waals surface area contributed by atoms with E-state index < -0.39 is 8.07 Å². The summed E-state index contributed by atoms with van der Waals surface area (Å²) < 4.78 is 16.1. The topological polar surface area (TPSA) is 65.8 Å². The van der Waals surface area contributed by atoms with Gasteiger partial charge in [0, 0.05) is 60.8 Å². The van der Waals surface area contributed by atoms with Gasteiger partial charge in [0.05, 0.1) is 48.7 Å². The molecule has 3 heterocycles. The van der Waals surface area contributed by atoms with Crippen LogP contribution in [0.15, 0.2) is 209 Å². The van der Waals surface area contributed by atoms with Crippen molar-refractivity contribution in [2.75, 3.05) is 9.80 Å². The molecule has 0 N–H and O–H groups in total. The number of nitrogens with zero attached hydrogens (tertiary/aromatic N) is 5. The van der Waals surface area contributed by atoms with Gasteiger partial charge < -0.3 is 23.2 Å². The van der Waals surface area contributed by atoms with E-state index in [2.05, 4.69) is 216 Å². The van der Waals surface area contributed by atoms with Crippen molar-refractivity contribution in [3.8, 4) is 11.8 Å². The van der Waals surface area contributed by atoms with Gasteiger partial charge in [0.2, 0.25) is 0 Å². The van der Waals surface area contributed by atoms with E-state index >= 15 is 0 Å². The van der Waals surface area contributed by atoms with E-state index in [0.717, 1.165) is 122 Å². The van der Waals surface area contributed by atoms with Gasteiger partial charge in [-0.25, -0.2) is 4.85 Å². The van der Waals surface area contributed by atoms with Crippen molar-refractivity contribution in [1.82, 2.24) is 4.57 Å². The van der Waals surface area contributed by atoms with E-state index in [-0.39, 0.29) is 0 Å². The number of hydrogen-bond acceptors (Lipinski definition) is 5. The maximum absolute atomic E-state index is 10.1. The van der Waals surface area contributed by atoms with Crippen molar-refractivity contribution in [2.24, 2.45) is 0 Å². The average molecular weight is 944 g/mol. The maximum Gasteiger partial charge on any atom is 0.189 e. The smallest absolute Gasteiger partial charge is 0.189 e. The van der Waals surface area contributed by atoms with Gasteiger partial charge in [-0.05, 0) is 119 Å². The minimum Gasteiger partial charge on any atom is -0.454 e. The quantitative estimate of drug-likeness (QED) is 0.112. The lowest BCUT2D eigenvalue weighted by molar-refractivity contribution is 0.666. The minimum atomic E-state index is -1.76. The van der Waals surface area contributed by atoms with E-state index in [1.165, 1.54) is 5.19 Å². The molecule has 0 saturated heterocycles. The highest BCUT2D eigenvalue weighted by Crippen LogP contribution is 2.47. The number of rotatable bonds is 8. The zero-order valence-corrected chi connectivity index (χ0v) is 41.1. The summed E-state index contributed by atoms with van der Waals surface area (Å²) in [7, 11) is -1.76. The number of aromatic nitrogens is 1. The van der Waals surface area contributed by atoms with E-state index in [1.54, 1.807) is 0 Å². The average Bonchev–Trinajstić information content (AvgIpc) is 4.09. The minimum absolute atomic E-state index is 0.560. The van der Waals surface area contributed by atoms with Crippen molar-refractivity contribution < 1.29 is 8.83 Å². The Hall–Kier alpha value is -9.34. The molecular formula is C64H45N5O2Si. The van der Waals surface area contributed by atoms with Gasteiger partial charge in [-0.3, -0.25) is 0 Å². The number of benzene rings is 10. The van der Waals surface area contributed by atoms with Crippen molar-refractivity contribution in [2.45, 2.75) is 26.6 Å². The van der Waals surface area contributed by atoms with Crippen LogP contribution in [0.3, 0.4) is 0 Å². The number of aryl methyl sites for hydroxylation is 1. The molecule has 3 aromatic heterocycles. The van der Waals surface area contributed by atoms with Gasteiger partial charge in [0.25, 0.3) is 0 Å². The molecule has 0 amide bonds. The van der Waals surface area contributed by atoms with Gasteiger partial charge in [-0.2, -0.15) is 5.26 Å². The second-order valence-corrected chi connectivity index (χ2v) is 24.7. The van der Waals surface area contributed by atoms with Crippen LogP contribution >= 0.6 is 0 Å². The molecule has 0 aliphatic heterocycles. The first kappa shape index (κ1) is 42.7. The van der Waals surface area contributed by atoms with Gasteiger partial charge >= 0.3 is 0 Å². The predicted octanol–water partition coefficient (Wildman–Crippen LogP) is 18.0. The molecule has 7 nitrogen and oxygen atoms in total. The predicted molar refractivity (Wildman–Crippen MR) is 301 cm³/mol. The summed E-state index contributed by atoms with van der Waals surface area (Å²) in [6.07, 6.45) is 0. The van der Waals surface area contributed by atoms with Crippen molar-refractivity contribution in [3.63, 3.8) is 0 Å². The Morgan fingerprint density at radius 3 is 1.78 bits per heavy atom. The molecule has 0 unspecified atom stereocenters. The van der Waals surface area contributed by atoms with Crippen LogP contribution in [-0.2, 0) is 0 Å². The Labute approximate surface area is 417 Å². The molecule has 0 atom stereocenters. The van der Waals surface area contributed by atoms with Crippen LogP contribution in [0.2, 0.25) is 19.6 Å². The largest absolute Gasteiger partial charge is 0.454 e.